The molecule has 1 aliphatic heterocycles. The van der Waals surface area contributed by atoms with Gasteiger partial charge in [-0.1, -0.05) is 54.1 Å². The van der Waals surface area contributed by atoms with E-state index >= 15 is 0 Å². The summed E-state index contributed by atoms with van der Waals surface area (Å²) in [5.41, 5.74) is 6.65. The largest absolute Gasteiger partial charge is 0.378 e. The minimum absolute atomic E-state index is 0.0364. The molecule has 5 heteroatoms. The molecule has 3 aromatic carbocycles. The maximum atomic E-state index is 12.4. The fourth-order valence-corrected chi connectivity index (χ4v) is 4.26. The molecule has 1 N–H and O–H groups in total. The number of rotatable bonds is 8. The van der Waals surface area contributed by atoms with Crippen molar-refractivity contribution < 1.29 is 4.79 Å². The summed E-state index contributed by atoms with van der Waals surface area (Å²) in [5, 5.41) is 3.04. The average molecular weight is 469 g/mol. The number of amides is 1. The Morgan fingerprint density at radius 3 is 2.34 bits per heavy atom. The van der Waals surface area contributed by atoms with Gasteiger partial charge in [0.2, 0.25) is 0 Å². The van der Waals surface area contributed by atoms with Gasteiger partial charge >= 0.3 is 0 Å². The van der Waals surface area contributed by atoms with Crippen LogP contribution >= 0.6 is 0 Å². The van der Waals surface area contributed by atoms with Crippen LogP contribution in [0.1, 0.15) is 27.0 Å². The van der Waals surface area contributed by atoms with E-state index in [9.17, 15) is 4.79 Å². The Hall–Kier alpha value is -3.57. The first-order valence-electron chi connectivity index (χ1n) is 12.3. The second-order valence-electron chi connectivity index (χ2n) is 9.39. The molecule has 182 valence electrons. The van der Waals surface area contributed by atoms with Crippen LogP contribution in [0.3, 0.4) is 0 Å². The van der Waals surface area contributed by atoms with Crippen LogP contribution in [0, 0.1) is 6.92 Å². The van der Waals surface area contributed by atoms with E-state index in [0.717, 1.165) is 43.9 Å². The van der Waals surface area contributed by atoms with E-state index in [-0.39, 0.29) is 5.91 Å². The molecule has 3 aromatic rings. The molecule has 0 unspecified atom stereocenters. The Morgan fingerprint density at radius 1 is 0.943 bits per heavy atom. The summed E-state index contributed by atoms with van der Waals surface area (Å²) < 4.78 is 0. The van der Waals surface area contributed by atoms with Crippen LogP contribution < -0.4 is 15.1 Å². The highest BCUT2D eigenvalue weighted by atomic mass is 16.1. The van der Waals surface area contributed by atoms with Crippen LogP contribution in [0.4, 0.5) is 11.4 Å². The summed E-state index contributed by atoms with van der Waals surface area (Å²) in [6.45, 7) is 7.61. The number of nitrogens with zero attached hydrogens (tertiary/aromatic N) is 3. The van der Waals surface area contributed by atoms with E-state index in [4.69, 9.17) is 0 Å². The number of carbonyl (C=O) groups is 1. The Labute approximate surface area is 209 Å². The maximum Gasteiger partial charge on any atom is 0.251 e. The number of hydrogen-bond donors (Lipinski definition) is 1. The number of carbonyl (C=O) groups excluding carboxylic acids is 1. The molecular formula is C30H36N4O. The lowest BCUT2D eigenvalue weighted by molar-refractivity contribution is 0.0951. The van der Waals surface area contributed by atoms with E-state index in [1.54, 1.807) is 0 Å². The Bertz CT molecular complexity index is 1130. The molecule has 0 aliphatic carbocycles. The van der Waals surface area contributed by atoms with Crippen molar-refractivity contribution in [3.63, 3.8) is 0 Å². The van der Waals surface area contributed by atoms with Crippen molar-refractivity contribution in [3.8, 4) is 0 Å². The zero-order valence-electron chi connectivity index (χ0n) is 21.1. The molecule has 0 aromatic heterocycles. The second-order valence-corrected chi connectivity index (χ2v) is 9.39. The molecule has 0 spiro atoms. The maximum absolute atomic E-state index is 12.4. The molecule has 0 bridgehead atoms. The normalized spacial score (nSPS) is 14.3. The van der Waals surface area contributed by atoms with Crippen molar-refractivity contribution >= 4 is 23.4 Å². The van der Waals surface area contributed by atoms with E-state index in [1.807, 2.05) is 31.2 Å². The molecular weight excluding hydrogens is 432 g/mol. The predicted molar refractivity (Wildman–Crippen MR) is 147 cm³/mol. The van der Waals surface area contributed by atoms with E-state index < -0.39 is 0 Å². The Kier molecular flexibility index (Phi) is 8.22. The molecule has 0 atom stereocenters. The van der Waals surface area contributed by atoms with Gasteiger partial charge in [-0.05, 0) is 54.4 Å². The molecule has 0 radical (unpaired) electrons. The molecule has 0 saturated carbocycles. The number of piperazine rings is 1. The zero-order valence-corrected chi connectivity index (χ0v) is 21.1. The van der Waals surface area contributed by atoms with Gasteiger partial charge in [0.15, 0.2) is 0 Å². The van der Waals surface area contributed by atoms with Crippen LogP contribution in [0.15, 0.2) is 78.9 Å². The molecule has 1 aliphatic rings. The van der Waals surface area contributed by atoms with Crippen LogP contribution in [-0.4, -0.2) is 57.6 Å². The predicted octanol–water partition coefficient (Wildman–Crippen LogP) is 4.83. The summed E-state index contributed by atoms with van der Waals surface area (Å²) in [6.07, 6.45) is 4.47. The molecule has 1 amide bonds. The third-order valence-electron chi connectivity index (χ3n) is 6.50. The third-order valence-corrected chi connectivity index (χ3v) is 6.50. The summed E-state index contributed by atoms with van der Waals surface area (Å²) in [4.78, 5) is 19.5. The fourth-order valence-electron chi connectivity index (χ4n) is 4.26. The summed E-state index contributed by atoms with van der Waals surface area (Å²) in [5.74, 6) is -0.0364. The number of benzene rings is 3. The molecule has 4 rings (SSSR count). The lowest BCUT2D eigenvalue weighted by Crippen LogP contribution is -2.46. The Morgan fingerprint density at radius 2 is 1.66 bits per heavy atom. The zero-order chi connectivity index (χ0) is 24.6. The number of aryl methyl sites for hydroxylation is 1. The van der Waals surface area contributed by atoms with Crippen LogP contribution in [0.5, 0.6) is 0 Å². The first-order chi connectivity index (χ1) is 17.0. The summed E-state index contributed by atoms with van der Waals surface area (Å²) >= 11 is 0. The van der Waals surface area contributed by atoms with Crippen molar-refractivity contribution in [2.75, 3.05) is 56.6 Å². The fraction of sp³-hybridized carbons (Fsp3) is 0.300. The first kappa shape index (κ1) is 24.6. The van der Waals surface area contributed by atoms with Crippen molar-refractivity contribution in [3.05, 3.63) is 101 Å². The van der Waals surface area contributed by atoms with Gasteiger partial charge in [0.1, 0.15) is 0 Å². The molecule has 35 heavy (non-hydrogen) atoms. The van der Waals surface area contributed by atoms with Gasteiger partial charge < -0.3 is 15.1 Å². The second kappa shape index (κ2) is 11.7. The quantitative estimate of drug-likeness (QED) is 0.514. The van der Waals surface area contributed by atoms with E-state index in [0.29, 0.717) is 12.1 Å². The van der Waals surface area contributed by atoms with E-state index in [2.05, 4.69) is 94.8 Å². The van der Waals surface area contributed by atoms with Crippen molar-refractivity contribution in [2.45, 2.75) is 13.5 Å². The van der Waals surface area contributed by atoms with Gasteiger partial charge in [-0.2, -0.15) is 0 Å². The van der Waals surface area contributed by atoms with Gasteiger partial charge in [0, 0.05) is 70.3 Å². The van der Waals surface area contributed by atoms with Gasteiger partial charge in [-0.25, -0.2) is 0 Å². The smallest absolute Gasteiger partial charge is 0.251 e. The highest BCUT2D eigenvalue weighted by Gasteiger charge is 2.16. The van der Waals surface area contributed by atoms with Crippen LogP contribution in [-0.2, 0) is 6.54 Å². The number of nitrogens with one attached hydrogen (secondary N) is 1. The molecule has 5 nitrogen and oxygen atoms in total. The van der Waals surface area contributed by atoms with Gasteiger partial charge in [-0.3, -0.25) is 9.69 Å². The van der Waals surface area contributed by atoms with Gasteiger partial charge in [0.05, 0.1) is 0 Å². The highest BCUT2D eigenvalue weighted by Crippen LogP contribution is 2.19. The topological polar surface area (TPSA) is 38.8 Å². The first-order valence-corrected chi connectivity index (χ1v) is 12.3. The van der Waals surface area contributed by atoms with Crippen molar-refractivity contribution in [1.29, 1.82) is 0 Å². The van der Waals surface area contributed by atoms with Gasteiger partial charge in [0.25, 0.3) is 5.91 Å². The highest BCUT2D eigenvalue weighted by molar-refractivity contribution is 5.94. The summed E-state index contributed by atoms with van der Waals surface area (Å²) in [6, 6.07) is 24.8. The van der Waals surface area contributed by atoms with E-state index in [1.165, 1.54) is 16.9 Å². The van der Waals surface area contributed by atoms with Gasteiger partial charge in [-0.15, -0.1) is 0 Å². The molecule has 1 heterocycles. The van der Waals surface area contributed by atoms with Crippen molar-refractivity contribution in [2.24, 2.45) is 0 Å². The molecule has 1 fully saturated rings. The lowest BCUT2D eigenvalue weighted by Gasteiger charge is -2.35. The van der Waals surface area contributed by atoms with Crippen LogP contribution in [0.2, 0.25) is 0 Å². The lowest BCUT2D eigenvalue weighted by atomic mass is 10.1. The standard InChI is InChI=1S/C30H36N4O/c1-24-9-13-27(14-10-24)30(35)31-23-26-6-4-8-29(22-26)34-20-18-33(19-21-34)17-5-7-25-11-15-28(16-12-25)32(2)3/h4-16,22H,17-21,23H2,1-3H3,(H,31,35). The van der Waals surface area contributed by atoms with Crippen molar-refractivity contribution in [1.82, 2.24) is 10.2 Å². The monoisotopic (exact) mass is 468 g/mol. The third kappa shape index (κ3) is 6.96. The summed E-state index contributed by atoms with van der Waals surface area (Å²) in [7, 11) is 4.12. The average Bonchev–Trinajstić information content (AvgIpc) is 2.88. The van der Waals surface area contributed by atoms with Crippen LogP contribution in [0.25, 0.3) is 6.08 Å². The molecule has 1 saturated heterocycles. The number of anilines is 2. The minimum atomic E-state index is -0.0364. The minimum Gasteiger partial charge on any atom is -0.378 e. The number of hydrogen-bond acceptors (Lipinski definition) is 4. The SMILES string of the molecule is Cc1ccc(C(=O)NCc2cccc(N3CCN(CC=Cc4ccc(N(C)C)cc4)CC3)c2)cc1. The Balaban J connectivity index is 1.24.